The standard InChI is InChI=1S/C14H12N2O3/c17-13(9-8-12-7-4-10-19-12)15-16-14(18)11-5-2-1-3-6-11/h1-10H,(H,15,17)(H,16,18). The molecule has 0 atom stereocenters. The fraction of sp³-hybridized carbons (Fsp3) is 0. The van der Waals surface area contributed by atoms with Crippen LogP contribution >= 0.6 is 0 Å². The third-order valence-corrected chi connectivity index (χ3v) is 2.28. The molecule has 5 nitrogen and oxygen atoms in total. The second-order valence-corrected chi connectivity index (χ2v) is 3.66. The molecule has 0 bridgehead atoms. The molecular formula is C14H12N2O3. The number of hydrazine groups is 1. The Morgan fingerprint density at radius 3 is 2.47 bits per heavy atom. The van der Waals surface area contributed by atoms with Gasteiger partial charge in [-0.25, -0.2) is 0 Å². The van der Waals surface area contributed by atoms with Gasteiger partial charge >= 0.3 is 0 Å². The first-order chi connectivity index (χ1) is 9.25. The number of nitrogens with one attached hydrogen (secondary N) is 2. The molecular weight excluding hydrogens is 244 g/mol. The minimum atomic E-state index is -0.444. The predicted octanol–water partition coefficient (Wildman–Crippen LogP) is 1.75. The van der Waals surface area contributed by atoms with E-state index in [1.165, 1.54) is 18.4 Å². The van der Waals surface area contributed by atoms with Gasteiger partial charge in [-0.1, -0.05) is 18.2 Å². The van der Waals surface area contributed by atoms with Crippen LogP contribution in [0.25, 0.3) is 6.08 Å². The molecule has 19 heavy (non-hydrogen) atoms. The average Bonchev–Trinajstić information content (AvgIpc) is 2.96. The fourth-order valence-corrected chi connectivity index (χ4v) is 1.37. The van der Waals surface area contributed by atoms with E-state index in [1.807, 2.05) is 6.07 Å². The second kappa shape index (κ2) is 6.20. The van der Waals surface area contributed by atoms with Gasteiger partial charge in [0.05, 0.1) is 6.26 Å². The first-order valence-corrected chi connectivity index (χ1v) is 5.62. The van der Waals surface area contributed by atoms with Crippen molar-refractivity contribution in [1.29, 1.82) is 0 Å². The number of benzene rings is 1. The Morgan fingerprint density at radius 1 is 1.00 bits per heavy atom. The number of hydrogen-bond donors (Lipinski definition) is 2. The van der Waals surface area contributed by atoms with E-state index in [1.54, 1.807) is 36.4 Å². The molecule has 1 heterocycles. The van der Waals surface area contributed by atoms with Gasteiger partial charge < -0.3 is 4.42 Å². The molecule has 0 fully saturated rings. The van der Waals surface area contributed by atoms with Crippen molar-refractivity contribution >= 4 is 17.9 Å². The Morgan fingerprint density at radius 2 is 1.79 bits per heavy atom. The number of rotatable bonds is 3. The lowest BCUT2D eigenvalue weighted by Crippen LogP contribution is -2.40. The zero-order chi connectivity index (χ0) is 13.5. The van der Waals surface area contributed by atoms with Crippen LogP contribution in [0, 0.1) is 0 Å². The number of carbonyl (C=O) groups excluding carboxylic acids is 2. The lowest BCUT2D eigenvalue weighted by molar-refractivity contribution is -0.117. The second-order valence-electron chi connectivity index (χ2n) is 3.66. The lowest BCUT2D eigenvalue weighted by Gasteiger charge is -2.04. The Bertz CT molecular complexity index is 574. The van der Waals surface area contributed by atoms with E-state index in [2.05, 4.69) is 10.9 Å². The van der Waals surface area contributed by atoms with Crippen LogP contribution in [0.3, 0.4) is 0 Å². The minimum absolute atomic E-state index is 0.375. The van der Waals surface area contributed by atoms with E-state index >= 15 is 0 Å². The molecule has 0 unspecified atom stereocenters. The highest BCUT2D eigenvalue weighted by Gasteiger charge is 2.04. The quantitative estimate of drug-likeness (QED) is 0.649. The maximum Gasteiger partial charge on any atom is 0.269 e. The molecule has 0 radical (unpaired) electrons. The summed E-state index contributed by atoms with van der Waals surface area (Å²) in [6, 6.07) is 12.0. The number of carbonyl (C=O) groups is 2. The molecule has 2 amide bonds. The molecule has 0 saturated heterocycles. The van der Waals surface area contributed by atoms with Crippen LogP contribution in [0.15, 0.2) is 59.2 Å². The molecule has 0 aliphatic rings. The molecule has 0 aliphatic heterocycles. The predicted molar refractivity (Wildman–Crippen MR) is 69.8 cm³/mol. The summed E-state index contributed by atoms with van der Waals surface area (Å²) < 4.78 is 5.02. The van der Waals surface area contributed by atoms with Crippen molar-refractivity contribution in [2.24, 2.45) is 0 Å². The topological polar surface area (TPSA) is 71.3 Å². The maximum atomic E-state index is 11.6. The van der Waals surface area contributed by atoms with Gasteiger partial charge in [-0.15, -0.1) is 0 Å². The van der Waals surface area contributed by atoms with E-state index in [4.69, 9.17) is 4.42 Å². The third kappa shape index (κ3) is 3.85. The SMILES string of the molecule is O=C(C=Cc1ccco1)NNC(=O)c1ccccc1. The Labute approximate surface area is 109 Å². The summed E-state index contributed by atoms with van der Waals surface area (Å²) in [7, 11) is 0. The zero-order valence-corrected chi connectivity index (χ0v) is 10.00. The van der Waals surface area contributed by atoms with E-state index in [0.29, 0.717) is 11.3 Å². The smallest absolute Gasteiger partial charge is 0.269 e. The van der Waals surface area contributed by atoms with Gasteiger partial charge in [0.1, 0.15) is 5.76 Å². The van der Waals surface area contributed by atoms with Gasteiger partial charge in [0, 0.05) is 11.6 Å². The van der Waals surface area contributed by atoms with Crippen LogP contribution in [-0.2, 0) is 4.79 Å². The fourth-order valence-electron chi connectivity index (χ4n) is 1.37. The van der Waals surface area contributed by atoms with Crippen molar-refractivity contribution in [2.45, 2.75) is 0 Å². The first kappa shape index (κ1) is 12.6. The minimum Gasteiger partial charge on any atom is -0.465 e. The van der Waals surface area contributed by atoms with Crippen LogP contribution in [0.1, 0.15) is 16.1 Å². The molecule has 1 aromatic carbocycles. The Kier molecular flexibility index (Phi) is 4.12. The van der Waals surface area contributed by atoms with Gasteiger partial charge in [0.25, 0.3) is 11.8 Å². The molecule has 2 aromatic rings. The summed E-state index contributed by atoms with van der Waals surface area (Å²) in [5, 5.41) is 0. The molecule has 0 aliphatic carbocycles. The molecule has 5 heteroatoms. The van der Waals surface area contributed by atoms with Gasteiger partial charge in [0.2, 0.25) is 0 Å². The largest absolute Gasteiger partial charge is 0.465 e. The van der Waals surface area contributed by atoms with Crippen LogP contribution in [0.4, 0.5) is 0 Å². The first-order valence-electron chi connectivity index (χ1n) is 5.62. The molecule has 0 spiro atoms. The van der Waals surface area contributed by atoms with E-state index in [0.717, 1.165) is 0 Å². The van der Waals surface area contributed by atoms with Crippen molar-refractivity contribution in [3.63, 3.8) is 0 Å². The summed E-state index contributed by atoms with van der Waals surface area (Å²) in [5.74, 6) is -0.259. The summed E-state index contributed by atoms with van der Waals surface area (Å²) in [6.45, 7) is 0. The molecule has 96 valence electrons. The highest BCUT2D eigenvalue weighted by Crippen LogP contribution is 2.01. The lowest BCUT2D eigenvalue weighted by atomic mass is 10.2. The molecule has 2 rings (SSSR count). The summed E-state index contributed by atoms with van der Waals surface area (Å²) >= 11 is 0. The van der Waals surface area contributed by atoms with Crippen molar-refractivity contribution in [3.05, 3.63) is 66.1 Å². The van der Waals surface area contributed by atoms with Gasteiger partial charge in [-0.3, -0.25) is 20.4 Å². The van der Waals surface area contributed by atoms with Crippen LogP contribution in [0.2, 0.25) is 0 Å². The maximum absolute atomic E-state index is 11.6. The van der Waals surface area contributed by atoms with Crippen LogP contribution < -0.4 is 10.9 Å². The van der Waals surface area contributed by atoms with Crippen molar-refractivity contribution in [2.75, 3.05) is 0 Å². The van der Waals surface area contributed by atoms with Crippen molar-refractivity contribution in [1.82, 2.24) is 10.9 Å². The summed E-state index contributed by atoms with van der Waals surface area (Å²) in [6.07, 6.45) is 4.28. The number of furan rings is 1. The third-order valence-electron chi connectivity index (χ3n) is 2.28. The molecule has 0 saturated carbocycles. The summed E-state index contributed by atoms with van der Waals surface area (Å²) in [4.78, 5) is 23.0. The summed E-state index contributed by atoms with van der Waals surface area (Å²) in [5.41, 5.74) is 5.06. The van der Waals surface area contributed by atoms with Gasteiger partial charge in [-0.2, -0.15) is 0 Å². The van der Waals surface area contributed by atoms with Crippen molar-refractivity contribution < 1.29 is 14.0 Å². The number of amides is 2. The van der Waals surface area contributed by atoms with Crippen molar-refractivity contribution in [3.8, 4) is 0 Å². The van der Waals surface area contributed by atoms with Gasteiger partial charge in [0.15, 0.2) is 0 Å². The Hall–Kier alpha value is -2.82. The molecule has 1 aromatic heterocycles. The Balaban J connectivity index is 1.82. The van der Waals surface area contributed by atoms with Crippen LogP contribution in [-0.4, -0.2) is 11.8 Å². The monoisotopic (exact) mass is 256 g/mol. The average molecular weight is 256 g/mol. The molecule has 2 N–H and O–H groups in total. The number of hydrogen-bond acceptors (Lipinski definition) is 3. The van der Waals surface area contributed by atoms with Gasteiger partial charge in [-0.05, 0) is 30.3 Å². The van der Waals surface area contributed by atoms with E-state index in [-0.39, 0.29) is 5.91 Å². The van der Waals surface area contributed by atoms with E-state index < -0.39 is 5.91 Å². The zero-order valence-electron chi connectivity index (χ0n) is 10.00. The highest BCUT2D eigenvalue weighted by atomic mass is 16.3. The highest BCUT2D eigenvalue weighted by molar-refractivity contribution is 5.97. The van der Waals surface area contributed by atoms with Crippen LogP contribution in [0.5, 0.6) is 0 Å². The van der Waals surface area contributed by atoms with E-state index in [9.17, 15) is 9.59 Å². The normalized spacial score (nSPS) is 10.3.